The predicted octanol–water partition coefficient (Wildman–Crippen LogP) is 4.61. The van der Waals surface area contributed by atoms with Gasteiger partial charge in [-0.15, -0.1) is 0 Å². The Kier molecular flexibility index (Phi) is 5.99. The van der Waals surface area contributed by atoms with E-state index in [1.807, 2.05) is 31.2 Å². The zero-order chi connectivity index (χ0) is 19.6. The van der Waals surface area contributed by atoms with Crippen LogP contribution < -0.4 is 10.1 Å². The van der Waals surface area contributed by atoms with Gasteiger partial charge in [-0.25, -0.2) is 0 Å². The van der Waals surface area contributed by atoms with E-state index in [0.29, 0.717) is 10.0 Å². The summed E-state index contributed by atoms with van der Waals surface area (Å²) in [6.45, 7) is 2.05. The van der Waals surface area contributed by atoms with Crippen molar-refractivity contribution >= 4 is 40.5 Å². The molecule has 0 unspecified atom stereocenters. The molecule has 2 atom stereocenters. The van der Waals surface area contributed by atoms with Gasteiger partial charge in [-0.2, -0.15) is 0 Å². The molecule has 7 heteroatoms. The van der Waals surface area contributed by atoms with Crippen LogP contribution in [-0.4, -0.2) is 29.3 Å². The minimum atomic E-state index is -0.985. The summed E-state index contributed by atoms with van der Waals surface area (Å²) in [5.41, 5.74) is 3.37. The van der Waals surface area contributed by atoms with Gasteiger partial charge in [0.2, 0.25) is 0 Å². The summed E-state index contributed by atoms with van der Waals surface area (Å²) < 4.78 is 11.9. The molecule has 2 aromatic carbocycles. The Morgan fingerprint density at radius 2 is 2.11 bits per heavy atom. The van der Waals surface area contributed by atoms with Gasteiger partial charge in [0, 0.05) is 21.8 Å². The summed E-state index contributed by atoms with van der Waals surface area (Å²) in [5, 5.41) is 12.9. The molecule has 2 N–H and O–H groups in total. The fraction of sp³-hybridized carbons (Fsp3) is 0.300. The van der Waals surface area contributed by atoms with Gasteiger partial charge >= 0.3 is 5.97 Å². The molecule has 2 aromatic rings. The Hall–Kier alpha value is -2.15. The first-order chi connectivity index (χ1) is 12.9. The number of thiocarbonyl (C=S) groups is 1. The summed E-state index contributed by atoms with van der Waals surface area (Å²) in [6.07, 6.45) is -0.789. The van der Waals surface area contributed by atoms with Crippen molar-refractivity contribution in [3.8, 4) is 5.75 Å². The molecular formula is C20H20ClNO4S. The van der Waals surface area contributed by atoms with Gasteiger partial charge in [0.15, 0.2) is 0 Å². The normalized spacial score (nSPS) is 19.0. The first-order valence-corrected chi connectivity index (χ1v) is 9.36. The molecule has 1 heterocycles. The van der Waals surface area contributed by atoms with E-state index in [9.17, 15) is 9.90 Å². The maximum atomic E-state index is 11.3. The monoisotopic (exact) mass is 405 g/mol. The molecule has 0 aromatic heterocycles. The topological polar surface area (TPSA) is 67.8 Å². The number of fused-ring (bicyclic) bond motifs is 1. The zero-order valence-electron chi connectivity index (χ0n) is 15.0. The smallest absolute Gasteiger partial charge is 0.306 e. The molecule has 0 aliphatic carbocycles. The van der Waals surface area contributed by atoms with Crippen molar-refractivity contribution in [1.29, 1.82) is 0 Å². The van der Waals surface area contributed by atoms with Gasteiger partial charge in [-0.05, 0) is 30.2 Å². The van der Waals surface area contributed by atoms with E-state index in [1.54, 1.807) is 19.2 Å². The average molecular weight is 406 g/mol. The number of methoxy groups -OCH3 is 1. The molecule has 0 spiro atoms. The van der Waals surface area contributed by atoms with Crippen molar-refractivity contribution in [2.45, 2.75) is 32.0 Å². The lowest BCUT2D eigenvalue weighted by Crippen LogP contribution is -2.30. The van der Waals surface area contributed by atoms with E-state index in [1.165, 1.54) is 0 Å². The maximum absolute atomic E-state index is 11.3. The van der Waals surface area contributed by atoms with Crippen LogP contribution >= 0.6 is 23.8 Å². The number of hydrogen-bond donors (Lipinski definition) is 2. The number of rotatable bonds is 5. The van der Waals surface area contributed by atoms with Gasteiger partial charge in [0.25, 0.3) is 0 Å². The lowest BCUT2D eigenvalue weighted by molar-refractivity contribution is -0.139. The zero-order valence-corrected chi connectivity index (χ0v) is 16.6. The highest BCUT2D eigenvalue weighted by Gasteiger charge is 2.33. The first kappa shape index (κ1) is 19.6. The summed E-state index contributed by atoms with van der Waals surface area (Å²) in [4.78, 5) is 11.6. The van der Waals surface area contributed by atoms with Gasteiger partial charge in [0.1, 0.15) is 22.9 Å². The van der Waals surface area contributed by atoms with Crippen molar-refractivity contribution in [1.82, 2.24) is 0 Å². The number of aryl methyl sites for hydroxylation is 1. The Bertz CT molecular complexity index is 886. The van der Waals surface area contributed by atoms with Crippen molar-refractivity contribution in [3.05, 3.63) is 58.1 Å². The molecule has 0 radical (unpaired) electrons. The van der Waals surface area contributed by atoms with Crippen molar-refractivity contribution < 1.29 is 19.4 Å². The second-order valence-corrected chi connectivity index (χ2v) is 7.09. The van der Waals surface area contributed by atoms with E-state index in [-0.39, 0.29) is 6.42 Å². The standard InChI is InChI=1S/C20H20ClNO4S/c1-3-11-5-4-6-13(18(11)25-2)19-14-9-12(21)7-8-15(14)22-20(27)16(26-19)10-17(23)24/h4-9,16,19H,3,10H2,1-2H3,(H,22,27)(H,23,24)/t16-,19-/m1/s1. The first-order valence-electron chi connectivity index (χ1n) is 8.58. The van der Waals surface area contributed by atoms with Crippen LogP contribution in [0.25, 0.3) is 0 Å². The van der Waals surface area contributed by atoms with Crippen LogP contribution in [0.5, 0.6) is 5.75 Å². The summed E-state index contributed by atoms with van der Waals surface area (Å²) >= 11 is 11.6. The molecule has 0 saturated heterocycles. The van der Waals surface area contributed by atoms with E-state index < -0.39 is 18.2 Å². The van der Waals surface area contributed by atoms with Crippen molar-refractivity contribution in [2.24, 2.45) is 0 Å². The van der Waals surface area contributed by atoms with Crippen LogP contribution in [0.4, 0.5) is 5.69 Å². The number of para-hydroxylation sites is 1. The molecule has 0 amide bonds. The Morgan fingerprint density at radius 1 is 1.33 bits per heavy atom. The van der Waals surface area contributed by atoms with Crippen LogP contribution in [0.2, 0.25) is 5.02 Å². The van der Waals surface area contributed by atoms with Gasteiger partial charge in [-0.3, -0.25) is 4.79 Å². The summed E-state index contributed by atoms with van der Waals surface area (Å²) in [7, 11) is 1.62. The lowest BCUT2D eigenvalue weighted by Gasteiger charge is -2.24. The molecule has 142 valence electrons. The average Bonchev–Trinajstić information content (AvgIpc) is 2.77. The number of carbonyl (C=O) groups is 1. The number of nitrogens with one attached hydrogen (secondary N) is 1. The highest BCUT2D eigenvalue weighted by atomic mass is 35.5. The van der Waals surface area contributed by atoms with E-state index >= 15 is 0 Å². The third kappa shape index (κ3) is 4.08. The highest BCUT2D eigenvalue weighted by Crippen LogP contribution is 2.42. The molecule has 27 heavy (non-hydrogen) atoms. The summed E-state index contributed by atoms with van der Waals surface area (Å²) in [5.74, 6) is -0.265. The molecule has 0 bridgehead atoms. The predicted molar refractivity (Wildman–Crippen MR) is 109 cm³/mol. The summed E-state index contributed by atoms with van der Waals surface area (Å²) in [6, 6.07) is 11.2. The fourth-order valence-electron chi connectivity index (χ4n) is 3.26. The van der Waals surface area contributed by atoms with Crippen LogP contribution in [0.15, 0.2) is 36.4 Å². The number of aliphatic carboxylic acids is 1. The molecule has 5 nitrogen and oxygen atoms in total. The van der Waals surface area contributed by atoms with Crippen molar-refractivity contribution in [2.75, 3.05) is 12.4 Å². The van der Waals surface area contributed by atoms with Gasteiger partial charge in [-0.1, -0.05) is 48.9 Å². The second kappa shape index (κ2) is 8.25. The maximum Gasteiger partial charge on any atom is 0.306 e. The van der Waals surface area contributed by atoms with E-state index in [0.717, 1.165) is 34.5 Å². The molecule has 3 rings (SSSR count). The van der Waals surface area contributed by atoms with Gasteiger partial charge in [0.05, 0.1) is 13.5 Å². The number of hydrogen-bond acceptors (Lipinski definition) is 4. The molecule has 1 aliphatic heterocycles. The van der Waals surface area contributed by atoms with Crippen LogP contribution in [0.3, 0.4) is 0 Å². The van der Waals surface area contributed by atoms with Crippen LogP contribution in [-0.2, 0) is 16.0 Å². The number of anilines is 1. The molecular weight excluding hydrogens is 386 g/mol. The number of halogens is 1. The second-order valence-electron chi connectivity index (χ2n) is 6.22. The van der Waals surface area contributed by atoms with Gasteiger partial charge < -0.3 is 19.9 Å². The van der Waals surface area contributed by atoms with Crippen LogP contribution in [0, 0.1) is 0 Å². The number of carboxylic acids is 1. The van der Waals surface area contributed by atoms with Crippen LogP contribution in [0.1, 0.15) is 36.1 Å². The van der Waals surface area contributed by atoms with Crippen molar-refractivity contribution in [3.63, 3.8) is 0 Å². The fourth-order valence-corrected chi connectivity index (χ4v) is 3.69. The number of ether oxygens (including phenoxy) is 2. The quantitative estimate of drug-likeness (QED) is 0.708. The Labute approximate surface area is 168 Å². The molecule has 1 aliphatic rings. The third-order valence-electron chi connectivity index (χ3n) is 4.50. The lowest BCUT2D eigenvalue weighted by atomic mass is 9.96. The SMILES string of the molecule is CCc1cccc([C@H]2O[C@H](CC(=O)O)C(=S)Nc3ccc(Cl)cc32)c1OC. The third-order valence-corrected chi connectivity index (χ3v) is 5.10. The minimum Gasteiger partial charge on any atom is -0.496 e. The largest absolute Gasteiger partial charge is 0.496 e. The minimum absolute atomic E-state index is 0.236. The Balaban J connectivity index is 2.18. The number of carboxylic acid groups (broad SMARTS) is 1. The number of benzene rings is 2. The Morgan fingerprint density at radius 3 is 2.78 bits per heavy atom. The molecule has 0 saturated carbocycles. The highest BCUT2D eigenvalue weighted by molar-refractivity contribution is 7.80. The molecule has 0 fully saturated rings. The van der Waals surface area contributed by atoms with E-state index in [4.69, 9.17) is 33.3 Å². The van der Waals surface area contributed by atoms with E-state index in [2.05, 4.69) is 5.32 Å².